The van der Waals surface area contributed by atoms with Crippen LogP contribution in [0.15, 0.2) is 46.3 Å². The molecule has 8 nitrogen and oxygen atoms in total. The number of rotatable bonds is 3. The van der Waals surface area contributed by atoms with Crippen molar-refractivity contribution >= 4 is 17.7 Å². The summed E-state index contributed by atoms with van der Waals surface area (Å²) in [6.45, 7) is 9.46. The van der Waals surface area contributed by atoms with E-state index in [0.29, 0.717) is 24.0 Å². The molecule has 2 aliphatic heterocycles. The van der Waals surface area contributed by atoms with Crippen molar-refractivity contribution in [2.24, 2.45) is 22.2 Å². The monoisotopic (exact) mass is 484 g/mol. The summed E-state index contributed by atoms with van der Waals surface area (Å²) in [5.74, 6) is -1.75. The summed E-state index contributed by atoms with van der Waals surface area (Å²) in [6, 6.07) is 1.76. The van der Waals surface area contributed by atoms with Gasteiger partial charge in [0.05, 0.1) is 19.6 Å². The third kappa shape index (κ3) is 2.72. The quantitative estimate of drug-likeness (QED) is 0.394. The molecule has 3 heterocycles. The molecule has 0 radical (unpaired) electrons. The van der Waals surface area contributed by atoms with E-state index in [9.17, 15) is 19.5 Å². The number of epoxide rings is 1. The molecule has 1 aromatic rings. The van der Waals surface area contributed by atoms with Gasteiger partial charge in [-0.05, 0) is 38.7 Å². The van der Waals surface area contributed by atoms with Gasteiger partial charge in [-0.25, -0.2) is 9.59 Å². The highest BCUT2D eigenvalue weighted by molar-refractivity contribution is 6.03. The lowest BCUT2D eigenvalue weighted by Gasteiger charge is -2.64. The van der Waals surface area contributed by atoms with Gasteiger partial charge in [-0.2, -0.15) is 0 Å². The fraction of sp³-hybridized carbons (Fsp3) is 0.593. The molecule has 188 valence electrons. The Kier molecular flexibility index (Phi) is 5.07. The zero-order valence-corrected chi connectivity index (χ0v) is 20.9. The molecule has 0 amide bonds. The number of ether oxygens (including phenoxy) is 3. The molecule has 1 N–H and O–H groups in total. The van der Waals surface area contributed by atoms with Crippen LogP contribution < -0.4 is 0 Å². The summed E-state index contributed by atoms with van der Waals surface area (Å²) in [4.78, 5) is 39.0. The van der Waals surface area contributed by atoms with Crippen molar-refractivity contribution in [3.8, 4) is 0 Å². The normalized spacial score (nSPS) is 44.3. The number of allylic oxidation sites excluding steroid dienone is 2. The van der Waals surface area contributed by atoms with E-state index in [1.54, 1.807) is 18.4 Å². The average molecular weight is 485 g/mol. The molecule has 8 atom stereocenters. The highest BCUT2D eigenvalue weighted by Crippen LogP contribution is 2.78. The van der Waals surface area contributed by atoms with Crippen molar-refractivity contribution < 1.29 is 38.1 Å². The Labute approximate surface area is 204 Å². The number of Topliss-reactive ketones (excluding diaryl/α,β-unsaturated/α-hetero) is 1. The molecular formula is C27H32O8. The van der Waals surface area contributed by atoms with Crippen LogP contribution in [0, 0.1) is 22.2 Å². The first-order chi connectivity index (χ1) is 16.4. The predicted molar refractivity (Wildman–Crippen MR) is 123 cm³/mol. The molecular weight excluding hydrogens is 452 g/mol. The smallest absolute Gasteiger partial charge is 0.339 e. The molecule has 2 saturated carbocycles. The topological polar surface area (TPSA) is 116 Å². The second-order valence-electron chi connectivity index (χ2n) is 11.2. The van der Waals surface area contributed by atoms with Crippen molar-refractivity contribution in [1.29, 1.82) is 0 Å². The van der Waals surface area contributed by atoms with Gasteiger partial charge in [0.15, 0.2) is 11.9 Å². The molecule has 1 spiro atoms. The summed E-state index contributed by atoms with van der Waals surface area (Å²) >= 11 is 0. The van der Waals surface area contributed by atoms with Gasteiger partial charge >= 0.3 is 11.9 Å². The van der Waals surface area contributed by atoms with Gasteiger partial charge in [-0.3, -0.25) is 4.79 Å². The van der Waals surface area contributed by atoms with E-state index in [1.807, 2.05) is 34.6 Å². The molecule has 0 bridgehead atoms. The van der Waals surface area contributed by atoms with E-state index in [1.165, 1.54) is 19.4 Å². The van der Waals surface area contributed by atoms with Crippen LogP contribution in [-0.4, -0.2) is 47.7 Å². The van der Waals surface area contributed by atoms with Gasteiger partial charge in [-0.15, -0.1) is 0 Å². The number of hydrogen-bond acceptors (Lipinski definition) is 8. The van der Waals surface area contributed by atoms with Crippen LogP contribution in [0.1, 0.15) is 59.1 Å². The van der Waals surface area contributed by atoms with Crippen molar-refractivity contribution in [3.05, 3.63) is 47.5 Å². The minimum absolute atomic E-state index is 0.303. The van der Waals surface area contributed by atoms with E-state index in [0.717, 1.165) is 5.57 Å². The van der Waals surface area contributed by atoms with Crippen molar-refractivity contribution in [3.63, 3.8) is 0 Å². The second-order valence-corrected chi connectivity index (χ2v) is 11.2. The molecule has 8 heteroatoms. The number of carbonyl (C=O) groups excluding carboxylic acids is 3. The molecule has 35 heavy (non-hydrogen) atoms. The molecule has 1 aromatic heterocycles. The van der Waals surface area contributed by atoms with Crippen LogP contribution in [0.3, 0.4) is 0 Å². The molecule has 8 unspecified atom stereocenters. The minimum Gasteiger partial charge on any atom is -0.472 e. The van der Waals surface area contributed by atoms with Crippen LogP contribution in [0.2, 0.25) is 0 Å². The standard InChI is InChI=1S/C27H32O8/c1-14(2)18-19(29)20(30)26(5)16(24(18,3)10-8-17(28)32-6)7-11-25(4)21(15-9-12-33-13-15)34-23(31)22-27(25,26)35-22/h8-10,12-13,16,20-22,30H,7,11H2,1-6H3. The van der Waals surface area contributed by atoms with E-state index < -0.39 is 57.9 Å². The van der Waals surface area contributed by atoms with Gasteiger partial charge < -0.3 is 23.7 Å². The summed E-state index contributed by atoms with van der Waals surface area (Å²) in [6.07, 6.45) is 4.46. The van der Waals surface area contributed by atoms with E-state index in [4.69, 9.17) is 18.6 Å². The number of methoxy groups -OCH3 is 1. The Bertz CT molecular complexity index is 1160. The lowest BCUT2D eigenvalue weighted by atomic mass is 9.38. The number of cyclic esters (lactones) is 1. The third-order valence-electron chi connectivity index (χ3n) is 9.41. The Morgan fingerprint density at radius 2 is 1.91 bits per heavy atom. The number of carbonyl (C=O) groups is 3. The van der Waals surface area contributed by atoms with Crippen LogP contribution in [0.5, 0.6) is 0 Å². The third-order valence-corrected chi connectivity index (χ3v) is 9.41. The molecule has 2 saturated heterocycles. The Morgan fingerprint density at radius 1 is 1.20 bits per heavy atom. The number of hydrogen-bond donors (Lipinski definition) is 1. The van der Waals surface area contributed by atoms with Crippen molar-refractivity contribution in [2.75, 3.05) is 7.11 Å². The van der Waals surface area contributed by atoms with Gasteiger partial charge in [0.1, 0.15) is 17.8 Å². The molecule has 4 aliphatic rings. The SMILES string of the molecule is COC(=O)C=CC1(C)C(=C(C)C)C(=O)C(O)C2(C)C1CCC1(C)C(c3ccoc3)OC(=O)C3OC312. The Balaban J connectivity index is 1.72. The van der Waals surface area contributed by atoms with Gasteiger partial charge in [0.25, 0.3) is 0 Å². The maximum atomic E-state index is 13.8. The first kappa shape index (κ1) is 24.0. The van der Waals surface area contributed by atoms with Crippen LogP contribution in [0.25, 0.3) is 0 Å². The van der Waals surface area contributed by atoms with Crippen LogP contribution in [0.4, 0.5) is 0 Å². The Hall–Kier alpha value is -2.71. The maximum Gasteiger partial charge on any atom is 0.339 e. The van der Waals surface area contributed by atoms with E-state index >= 15 is 0 Å². The summed E-state index contributed by atoms with van der Waals surface area (Å²) < 4.78 is 22.3. The van der Waals surface area contributed by atoms with Gasteiger partial charge in [0.2, 0.25) is 0 Å². The van der Waals surface area contributed by atoms with Gasteiger partial charge in [0, 0.05) is 33.5 Å². The largest absolute Gasteiger partial charge is 0.472 e. The first-order valence-corrected chi connectivity index (χ1v) is 12.0. The van der Waals surface area contributed by atoms with Gasteiger partial charge in [-0.1, -0.05) is 32.4 Å². The lowest BCUT2D eigenvalue weighted by Crippen LogP contribution is -2.72. The molecule has 2 aliphatic carbocycles. The second kappa shape index (κ2) is 7.40. The van der Waals surface area contributed by atoms with E-state index in [2.05, 4.69) is 0 Å². The zero-order valence-electron chi connectivity index (χ0n) is 20.9. The molecule has 0 aromatic carbocycles. The van der Waals surface area contributed by atoms with E-state index in [-0.39, 0.29) is 5.92 Å². The average Bonchev–Trinajstić information content (AvgIpc) is 3.38. The number of esters is 2. The molecule has 4 fully saturated rings. The fourth-order valence-electron chi connectivity index (χ4n) is 7.97. The number of fused-ring (bicyclic) bond motifs is 1. The van der Waals surface area contributed by atoms with Crippen LogP contribution in [-0.2, 0) is 28.6 Å². The summed E-state index contributed by atoms with van der Waals surface area (Å²) in [7, 11) is 1.30. The summed E-state index contributed by atoms with van der Waals surface area (Å²) in [5.41, 5.74) is -1.89. The number of ketones is 1. The van der Waals surface area contributed by atoms with Crippen LogP contribution >= 0.6 is 0 Å². The Morgan fingerprint density at radius 3 is 2.51 bits per heavy atom. The number of aliphatic hydroxyl groups excluding tert-OH is 1. The maximum absolute atomic E-state index is 13.8. The lowest BCUT2D eigenvalue weighted by molar-refractivity contribution is -0.218. The first-order valence-electron chi connectivity index (χ1n) is 12.0. The number of furan rings is 1. The molecule has 5 rings (SSSR count). The number of aliphatic hydroxyl groups is 1. The fourth-order valence-corrected chi connectivity index (χ4v) is 7.97. The summed E-state index contributed by atoms with van der Waals surface area (Å²) in [5, 5.41) is 11.7. The van der Waals surface area contributed by atoms with Crippen molar-refractivity contribution in [2.45, 2.75) is 71.4 Å². The zero-order chi connectivity index (χ0) is 25.6. The highest BCUT2D eigenvalue weighted by Gasteiger charge is 2.88. The highest BCUT2D eigenvalue weighted by atomic mass is 16.7. The minimum atomic E-state index is -1.39. The van der Waals surface area contributed by atoms with Crippen molar-refractivity contribution in [1.82, 2.24) is 0 Å². The predicted octanol–water partition coefficient (Wildman–Crippen LogP) is 3.45.